The summed E-state index contributed by atoms with van der Waals surface area (Å²) >= 11 is 0. The Kier molecular flexibility index (Phi) is 3.64. The average molecular weight is 248 g/mol. The van der Waals surface area contributed by atoms with Gasteiger partial charge < -0.3 is 0 Å². The van der Waals surface area contributed by atoms with Gasteiger partial charge in [-0.3, -0.25) is 0 Å². The van der Waals surface area contributed by atoms with E-state index in [0.29, 0.717) is 0 Å². The summed E-state index contributed by atoms with van der Waals surface area (Å²) < 4.78 is 63.2. The van der Waals surface area contributed by atoms with Gasteiger partial charge in [-0.2, -0.15) is 8.42 Å². The van der Waals surface area contributed by atoms with Gasteiger partial charge in [-0.1, -0.05) is 6.92 Å². The van der Waals surface area contributed by atoms with Gasteiger partial charge in [0, 0.05) is 0 Å². The van der Waals surface area contributed by atoms with Crippen LogP contribution in [0, 0.1) is 0 Å². The second kappa shape index (κ2) is 3.76. The largest absolute Gasteiger partial charge is 0.292 e. The Balaban J connectivity index is 5.99. The minimum absolute atomic E-state index is 0.649. The number of hydrogen-bond donors (Lipinski definition) is 0. The molecule has 0 saturated heterocycles. The van der Waals surface area contributed by atoms with Crippen LogP contribution in [-0.2, 0) is 28.0 Å². The fraction of sp³-hybridized carbons (Fsp3) is 0.750. The van der Waals surface area contributed by atoms with E-state index in [1.807, 2.05) is 0 Å². The van der Waals surface area contributed by atoms with Crippen molar-refractivity contribution in [2.45, 2.75) is 13.8 Å². The second-order valence-electron chi connectivity index (χ2n) is 2.03. The lowest BCUT2D eigenvalue weighted by Gasteiger charge is -1.98. The third-order valence-electron chi connectivity index (χ3n) is 1.27. The fourth-order valence-electron chi connectivity index (χ4n) is 0.417. The lowest BCUT2D eigenvalue weighted by Crippen LogP contribution is -2.24. The summed E-state index contributed by atoms with van der Waals surface area (Å²) in [6.07, 6.45) is 0. The van der Waals surface area contributed by atoms with E-state index in [0.717, 1.165) is 13.8 Å². The molecule has 0 aromatic heterocycles. The van der Waals surface area contributed by atoms with Crippen molar-refractivity contribution in [2.75, 3.05) is 5.75 Å². The van der Waals surface area contributed by atoms with Crippen LogP contribution in [0.2, 0.25) is 0 Å². The van der Waals surface area contributed by atoms with Gasteiger partial charge in [-0.25, -0.2) is 16.8 Å². The zero-order chi connectivity index (χ0) is 10.9. The molecule has 0 unspecified atom stereocenters. The molecule has 78 valence electrons. The van der Waals surface area contributed by atoms with Crippen molar-refractivity contribution in [2.24, 2.45) is 0 Å². The van der Waals surface area contributed by atoms with Crippen LogP contribution in [0.5, 0.6) is 0 Å². The van der Waals surface area contributed by atoms with Gasteiger partial charge in [0.1, 0.15) is 0 Å². The molecule has 0 aliphatic heterocycles. The van der Waals surface area contributed by atoms with Gasteiger partial charge in [-0.15, -0.1) is 0 Å². The fourth-order valence-corrected chi connectivity index (χ4v) is 5.19. The van der Waals surface area contributed by atoms with E-state index in [4.69, 9.17) is 0 Å². The van der Waals surface area contributed by atoms with Crippen LogP contribution in [0.15, 0.2) is 0 Å². The SMILES string of the molecule is CCS(=O)(=O)S(=O)(=O)C(C)=S(=O)=O. The summed E-state index contributed by atoms with van der Waals surface area (Å²) in [5, 5.41) is 0. The summed E-state index contributed by atoms with van der Waals surface area (Å²) in [5.41, 5.74) is 0. The Labute approximate surface area is 77.3 Å². The van der Waals surface area contributed by atoms with Crippen LogP contribution in [-0.4, -0.2) is 35.2 Å². The van der Waals surface area contributed by atoms with Crippen LogP contribution in [0.4, 0.5) is 0 Å². The molecule has 0 aliphatic carbocycles. The van der Waals surface area contributed by atoms with Crippen molar-refractivity contribution in [1.82, 2.24) is 0 Å². The normalized spacial score (nSPS) is 12.5. The van der Waals surface area contributed by atoms with Gasteiger partial charge in [0.05, 0.1) is 5.75 Å². The molecule has 0 amide bonds. The molecule has 9 heteroatoms. The summed E-state index contributed by atoms with van der Waals surface area (Å²) in [4.78, 5) is 0. The molecular formula is C4H8O6S3. The first-order valence-electron chi connectivity index (χ1n) is 3.07. The van der Waals surface area contributed by atoms with Crippen LogP contribution in [0.25, 0.3) is 0 Å². The maximum atomic E-state index is 11.0. The second-order valence-corrected chi connectivity index (χ2v) is 9.42. The molecule has 0 saturated carbocycles. The molecule has 0 fully saturated rings. The Hall–Kier alpha value is -0.410. The van der Waals surface area contributed by atoms with Crippen molar-refractivity contribution >= 4 is 32.2 Å². The maximum absolute atomic E-state index is 11.0. The lowest BCUT2D eigenvalue weighted by atomic mass is 11.0. The summed E-state index contributed by atoms with van der Waals surface area (Å²) in [7, 11) is -12.1. The van der Waals surface area contributed by atoms with Gasteiger partial charge in [0.25, 0.3) is 17.7 Å². The molecule has 0 spiro atoms. The summed E-state index contributed by atoms with van der Waals surface area (Å²) in [5.74, 6) is -0.649. The van der Waals surface area contributed by atoms with Crippen molar-refractivity contribution in [3.05, 3.63) is 0 Å². The molecule has 0 bridgehead atoms. The van der Waals surface area contributed by atoms with E-state index in [9.17, 15) is 25.3 Å². The smallest absolute Gasteiger partial charge is 0.212 e. The van der Waals surface area contributed by atoms with E-state index in [1.165, 1.54) is 0 Å². The molecule has 0 aromatic carbocycles. The quantitative estimate of drug-likeness (QED) is 0.448. The minimum atomic E-state index is -4.71. The zero-order valence-electron chi connectivity index (χ0n) is 6.88. The molecule has 0 rings (SSSR count). The topological polar surface area (TPSA) is 102 Å². The monoisotopic (exact) mass is 248 g/mol. The van der Waals surface area contributed by atoms with Crippen LogP contribution in [0.1, 0.15) is 13.8 Å². The van der Waals surface area contributed by atoms with E-state index in [-0.39, 0.29) is 0 Å². The highest BCUT2D eigenvalue weighted by atomic mass is 33.2. The first-order valence-corrected chi connectivity index (χ1v) is 7.80. The van der Waals surface area contributed by atoms with E-state index < -0.39 is 38.0 Å². The number of hydrogen-bond acceptors (Lipinski definition) is 6. The predicted molar refractivity (Wildman–Crippen MR) is 48.0 cm³/mol. The first-order chi connectivity index (χ1) is 5.66. The average Bonchev–Trinajstić information content (AvgIpc) is 2.02. The Bertz CT molecular complexity index is 508. The Morgan fingerprint density at radius 1 is 1.15 bits per heavy atom. The maximum Gasteiger partial charge on any atom is 0.292 e. The Morgan fingerprint density at radius 2 is 1.54 bits per heavy atom. The molecular weight excluding hydrogens is 240 g/mol. The third-order valence-corrected chi connectivity index (χ3v) is 8.67. The lowest BCUT2D eigenvalue weighted by molar-refractivity contribution is 0.589. The molecule has 0 heterocycles. The van der Waals surface area contributed by atoms with E-state index >= 15 is 0 Å². The van der Waals surface area contributed by atoms with Gasteiger partial charge in [0.2, 0.25) is 10.3 Å². The van der Waals surface area contributed by atoms with Crippen LogP contribution < -0.4 is 0 Å². The number of rotatable bonds is 2. The van der Waals surface area contributed by atoms with Gasteiger partial charge in [0.15, 0.2) is 4.20 Å². The molecule has 13 heavy (non-hydrogen) atoms. The zero-order valence-corrected chi connectivity index (χ0v) is 9.33. The Morgan fingerprint density at radius 3 is 1.77 bits per heavy atom. The van der Waals surface area contributed by atoms with Crippen molar-refractivity contribution in [3.63, 3.8) is 0 Å². The van der Waals surface area contributed by atoms with Gasteiger partial charge in [-0.05, 0) is 6.92 Å². The molecule has 0 aliphatic rings. The van der Waals surface area contributed by atoms with Crippen molar-refractivity contribution in [3.8, 4) is 0 Å². The van der Waals surface area contributed by atoms with Crippen molar-refractivity contribution in [1.29, 1.82) is 0 Å². The van der Waals surface area contributed by atoms with Crippen LogP contribution in [0.3, 0.4) is 0 Å². The molecule has 0 radical (unpaired) electrons. The summed E-state index contributed by atoms with van der Waals surface area (Å²) in [6.45, 7) is 1.85. The minimum Gasteiger partial charge on any atom is -0.212 e. The van der Waals surface area contributed by atoms with E-state index in [2.05, 4.69) is 0 Å². The van der Waals surface area contributed by atoms with Crippen LogP contribution >= 0.6 is 0 Å². The molecule has 0 N–H and O–H groups in total. The highest BCUT2D eigenvalue weighted by Crippen LogP contribution is 2.05. The predicted octanol–water partition coefficient (Wildman–Crippen LogP) is -1.22. The highest BCUT2D eigenvalue weighted by molar-refractivity contribution is 8.74. The summed E-state index contributed by atoms with van der Waals surface area (Å²) in [6, 6.07) is 0. The van der Waals surface area contributed by atoms with Gasteiger partial charge >= 0.3 is 0 Å². The molecule has 6 nitrogen and oxygen atoms in total. The standard InChI is InChI=1S/C4H8O6S3/c1-3-12(7,8)13(9,10)4(2)11(5)6/h3H2,1-2H3. The van der Waals surface area contributed by atoms with Crippen molar-refractivity contribution < 1.29 is 25.3 Å². The molecule has 0 aromatic rings. The molecule has 0 atom stereocenters. The highest BCUT2D eigenvalue weighted by Gasteiger charge is 2.31. The first kappa shape index (κ1) is 12.6. The van der Waals surface area contributed by atoms with E-state index in [1.54, 1.807) is 0 Å². The third kappa shape index (κ3) is 2.29.